The van der Waals surface area contributed by atoms with E-state index in [9.17, 15) is 18.0 Å². The van der Waals surface area contributed by atoms with Crippen molar-refractivity contribution in [3.63, 3.8) is 0 Å². The number of anilines is 1. The number of carbonyl (C=O) groups excluding carboxylic acids is 2. The van der Waals surface area contributed by atoms with Crippen molar-refractivity contribution >= 4 is 27.6 Å². The Bertz CT molecular complexity index is 952. The highest BCUT2D eigenvalue weighted by molar-refractivity contribution is 7.89. The van der Waals surface area contributed by atoms with Crippen LogP contribution in [0.5, 0.6) is 0 Å². The van der Waals surface area contributed by atoms with E-state index in [0.717, 1.165) is 11.1 Å². The van der Waals surface area contributed by atoms with Crippen molar-refractivity contribution in [2.75, 3.05) is 5.32 Å². The van der Waals surface area contributed by atoms with Crippen LogP contribution in [0.3, 0.4) is 0 Å². The van der Waals surface area contributed by atoms with Crippen LogP contribution < -0.4 is 10.0 Å². The van der Waals surface area contributed by atoms with Crippen molar-refractivity contribution in [3.05, 3.63) is 59.7 Å². The molecule has 1 atom stereocenters. The van der Waals surface area contributed by atoms with Crippen LogP contribution >= 0.6 is 0 Å². The van der Waals surface area contributed by atoms with Gasteiger partial charge in [0.05, 0.1) is 11.3 Å². The minimum atomic E-state index is -3.60. The van der Waals surface area contributed by atoms with Gasteiger partial charge in [0.25, 0.3) is 5.91 Å². The molecule has 0 radical (unpaired) electrons. The molecule has 0 saturated heterocycles. The predicted molar refractivity (Wildman–Crippen MR) is 111 cm³/mol. The summed E-state index contributed by atoms with van der Waals surface area (Å²) >= 11 is 0. The molecule has 0 aliphatic carbocycles. The second-order valence-corrected chi connectivity index (χ2v) is 8.80. The molecule has 1 amide bonds. The summed E-state index contributed by atoms with van der Waals surface area (Å²) in [6, 6.07) is 13.0. The molecule has 2 aromatic carbocycles. The maximum Gasteiger partial charge on any atom is 0.311 e. The van der Waals surface area contributed by atoms with Gasteiger partial charge in [0.1, 0.15) is 0 Å². The standard InChI is InChI=1S/C21H26N2O5S/c1-14(2)23-29(26,27)19-11-9-18(10-12-19)22-21(25)16(4)28-20(24)13-17-7-5-15(3)6-8-17/h5-12,14,16,23H,13H2,1-4H3,(H,22,25)/t16-/m0/s1. The van der Waals surface area contributed by atoms with E-state index in [1.807, 2.05) is 31.2 Å². The molecule has 0 aliphatic rings. The number of aryl methyl sites for hydroxylation is 1. The maximum atomic E-state index is 12.3. The van der Waals surface area contributed by atoms with Gasteiger partial charge in [-0.1, -0.05) is 29.8 Å². The number of hydrogen-bond donors (Lipinski definition) is 2. The first-order chi connectivity index (χ1) is 13.6. The van der Waals surface area contributed by atoms with E-state index in [0.29, 0.717) is 5.69 Å². The average molecular weight is 419 g/mol. The number of carbonyl (C=O) groups is 2. The molecular weight excluding hydrogens is 392 g/mol. The van der Waals surface area contributed by atoms with Crippen molar-refractivity contribution in [1.82, 2.24) is 4.72 Å². The zero-order chi connectivity index (χ0) is 21.6. The predicted octanol–water partition coefficient (Wildman–Crippen LogP) is 2.79. The minimum Gasteiger partial charge on any atom is -0.452 e. The number of ether oxygens (including phenoxy) is 1. The summed E-state index contributed by atoms with van der Waals surface area (Å²) < 4.78 is 31.9. The van der Waals surface area contributed by atoms with E-state index in [-0.39, 0.29) is 17.4 Å². The molecule has 2 aromatic rings. The zero-order valence-corrected chi connectivity index (χ0v) is 17.7. The molecule has 2 N–H and O–H groups in total. The second-order valence-electron chi connectivity index (χ2n) is 7.08. The van der Waals surface area contributed by atoms with Crippen LogP contribution in [0.15, 0.2) is 53.4 Å². The van der Waals surface area contributed by atoms with Crippen LogP contribution in [-0.2, 0) is 30.8 Å². The molecule has 0 heterocycles. The number of rotatable bonds is 8. The monoisotopic (exact) mass is 418 g/mol. The molecule has 0 aromatic heterocycles. The van der Waals surface area contributed by atoms with Gasteiger partial charge in [0.2, 0.25) is 10.0 Å². The number of benzene rings is 2. The highest BCUT2D eigenvalue weighted by Gasteiger charge is 2.19. The lowest BCUT2D eigenvalue weighted by Crippen LogP contribution is -2.31. The fourth-order valence-corrected chi connectivity index (χ4v) is 3.76. The number of hydrogen-bond acceptors (Lipinski definition) is 5. The summed E-state index contributed by atoms with van der Waals surface area (Å²) in [6.45, 7) is 6.90. The van der Waals surface area contributed by atoms with Crippen LogP contribution in [0, 0.1) is 6.92 Å². The Balaban J connectivity index is 1.91. The van der Waals surface area contributed by atoms with E-state index in [4.69, 9.17) is 4.74 Å². The van der Waals surface area contributed by atoms with Crippen molar-refractivity contribution in [2.24, 2.45) is 0 Å². The Morgan fingerprint density at radius 3 is 2.10 bits per heavy atom. The molecule has 0 saturated carbocycles. The van der Waals surface area contributed by atoms with Crippen LogP contribution in [0.1, 0.15) is 31.9 Å². The van der Waals surface area contributed by atoms with Crippen LogP contribution in [0.4, 0.5) is 5.69 Å². The Hall–Kier alpha value is -2.71. The number of amides is 1. The largest absolute Gasteiger partial charge is 0.452 e. The highest BCUT2D eigenvalue weighted by Crippen LogP contribution is 2.15. The second kappa shape index (κ2) is 9.67. The van der Waals surface area contributed by atoms with Gasteiger partial charge in [0, 0.05) is 11.7 Å². The molecule has 7 nitrogen and oxygen atoms in total. The Morgan fingerprint density at radius 2 is 1.55 bits per heavy atom. The molecule has 2 rings (SSSR count). The van der Waals surface area contributed by atoms with Crippen molar-refractivity contribution in [3.8, 4) is 0 Å². The third-order valence-corrected chi connectivity index (χ3v) is 5.64. The smallest absolute Gasteiger partial charge is 0.311 e. The molecule has 0 fully saturated rings. The summed E-state index contributed by atoms with van der Waals surface area (Å²) in [5.41, 5.74) is 2.30. The van der Waals surface area contributed by atoms with Gasteiger partial charge < -0.3 is 10.1 Å². The van der Waals surface area contributed by atoms with E-state index < -0.39 is 28.0 Å². The number of sulfonamides is 1. The lowest BCUT2D eigenvalue weighted by atomic mass is 10.1. The van der Waals surface area contributed by atoms with E-state index in [2.05, 4.69) is 10.0 Å². The van der Waals surface area contributed by atoms with Gasteiger partial charge in [0.15, 0.2) is 6.10 Å². The van der Waals surface area contributed by atoms with Crippen molar-refractivity contribution < 1.29 is 22.7 Å². The molecule has 0 bridgehead atoms. The average Bonchev–Trinajstić information content (AvgIpc) is 2.63. The van der Waals surface area contributed by atoms with Gasteiger partial charge >= 0.3 is 5.97 Å². The number of nitrogens with one attached hydrogen (secondary N) is 2. The fraction of sp³-hybridized carbons (Fsp3) is 0.333. The van der Waals surface area contributed by atoms with Crippen molar-refractivity contribution in [2.45, 2.75) is 51.2 Å². The summed E-state index contributed by atoms with van der Waals surface area (Å²) in [7, 11) is -3.60. The summed E-state index contributed by atoms with van der Waals surface area (Å²) in [5, 5.41) is 2.61. The SMILES string of the molecule is Cc1ccc(CC(=O)O[C@@H](C)C(=O)Nc2ccc(S(=O)(=O)NC(C)C)cc2)cc1. The van der Waals surface area contributed by atoms with Gasteiger partial charge in [-0.25, -0.2) is 13.1 Å². The lowest BCUT2D eigenvalue weighted by molar-refractivity contribution is -0.152. The third-order valence-electron chi connectivity index (χ3n) is 3.97. The lowest BCUT2D eigenvalue weighted by Gasteiger charge is -2.14. The first-order valence-electron chi connectivity index (χ1n) is 9.25. The summed E-state index contributed by atoms with van der Waals surface area (Å²) in [5.74, 6) is -1.00. The van der Waals surface area contributed by atoms with Crippen LogP contribution in [0.25, 0.3) is 0 Å². The van der Waals surface area contributed by atoms with Gasteiger partial charge in [-0.3, -0.25) is 9.59 Å². The first kappa shape index (κ1) is 22.6. The fourth-order valence-electron chi connectivity index (χ4n) is 2.50. The zero-order valence-electron chi connectivity index (χ0n) is 16.9. The summed E-state index contributed by atoms with van der Waals surface area (Å²) in [6.07, 6.45) is -0.910. The van der Waals surface area contributed by atoms with E-state index >= 15 is 0 Å². The molecule has 0 unspecified atom stereocenters. The topological polar surface area (TPSA) is 102 Å². The van der Waals surface area contributed by atoms with Crippen LogP contribution in [-0.4, -0.2) is 32.4 Å². The quantitative estimate of drug-likeness (QED) is 0.642. The first-order valence-corrected chi connectivity index (χ1v) is 10.7. The minimum absolute atomic E-state index is 0.0767. The van der Waals surface area contributed by atoms with Gasteiger partial charge in [-0.05, 0) is 57.5 Å². The molecule has 0 aliphatic heterocycles. The normalized spacial score (nSPS) is 12.4. The summed E-state index contributed by atoms with van der Waals surface area (Å²) in [4.78, 5) is 24.4. The molecule has 29 heavy (non-hydrogen) atoms. The Morgan fingerprint density at radius 1 is 0.966 bits per heavy atom. The van der Waals surface area contributed by atoms with E-state index in [1.165, 1.54) is 31.2 Å². The molecule has 8 heteroatoms. The molecule has 0 spiro atoms. The van der Waals surface area contributed by atoms with Crippen LogP contribution in [0.2, 0.25) is 0 Å². The van der Waals surface area contributed by atoms with Gasteiger partial charge in [-0.2, -0.15) is 0 Å². The third kappa shape index (κ3) is 6.99. The Kier molecular flexibility index (Phi) is 7.53. The van der Waals surface area contributed by atoms with Gasteiger partial charge in [-0.15, -0.1) is 0 Å². The van der Waals surface area contributed by atoms with Crippen molar-refractivity contribution in [1.29, 1.82) is 0 Å². The maximum absolute atomic E-state index is 12.3. The van der Waals surface area contributed by atoms with E-state index in [1.54, 1.807) is 13.8 Å². The highest BCUT2D eigenvalue weighted by atomic mass is 32.2. The molecule has 156 valence electrons. The number of esters is 1. The Labute approximate surface area is 171 Å². The molecular formula is C21H26N2O5S.